The molecule has 0 amide bonds. The molecule has 2 atom stereocenters. The predicted molar refractivity (Wildman–Crippen MR) is 79.2 cm³/mol. The quantitative estimate of drug-likeness (QED) is 0.874. The maximum Gasteiger partial charge on any atom is 0.0376 e. The number of hydrogen-bond donors (Lipinski definition) is 1. The second-order valence-electron chi connectivity index (χ2n) is 5.92. The number of hydrogen-bond acceptors (Lipinski definition) is 2. The first-order valence-corrected chi connectivity index (χ1v) is 7.12. The summed E-state index contributed by atoms with van der Waals surface area (Å²) in [7, 11) is 2.26. The molecule has 2 rings (SSSR count). The average Bonchev–Trinajstić information content (AvgIpc) is 2.38. The Hall–Kier alpha value is -1.02. The minimum absolute atomic E-state index is 0.645. The van der Waals surface area contributed by atoms with Gasteiger partial charge in [0.25, 0.3) is 0 Å². The molecule has 1 heterocycles. The number of benzene rings is 1. The summed E-state index contributed by atoms with van der Waals surface area (Å²) in [5.74, 6) is 1.39. The number of nitrogens with zero attached hydrogens (tertiary/aromatic N) is 1. The van der Waals surface area contributed by atoms with Crippen molar-refractivity contribution >= 4 is 5.69 Å². The van der Waals surface area contributed by atoms with E-state index in [4.69, 9.17) is 0 Å². The van der Waals surface area contributed by atoms with Crippen LogP contribution in [0.25, 0.3) is 0 Å². The number of anilines is 1. The first-order valence-electron chi connectivity index (χ1n) is 7.12. The van der Waals surface area contributed by atoms with Gasteiger partial charge in [-0.25, -0.2) is 0 Å². The van der Waals surface area contributed by atoms with E-state index < -0.39 is 0 Å². The van der Waals surface area contributed by atoms with Crippen LogP contribution in [0, 0.1) is 5.92 Å². The Bertz CT molecular complexity index is 386. The minimum atomic E-state index is 0.645. The summed E-state index contributed by atoms with van der Waals surface area (Å²) in [6.45, 7) is 9.20. The molecule has 100 valence electrons. The average molecular weight is 246 g/mol. The van der Waals surface area contributed by atoms with Crippen LogP contribution in [0.1, 0.15) is 38.7 Å². The summed E-state index contributed by atoms with van der Waals surface area (Å²) in [6, 6.07) is 9.40. The van der Waals surface area contributed by atoms with E-state index in [1.54, 1.807) is 0 Å². The van der Waals surface area contributed by atoms with Gasteiger partial charge in [0.05, 0.1) is 0 Å². The van der Waals surface area contributed by atoms with Crippen LogP contribution in [0.5, 0.6) is 0 Å². The lowest BCUT2D eigenvalue weighted by Gasteiger charge is -2.34. The Kier molecular flexibility index (Phi) is 4.28. The summed E-state index contributed by atoms with van der Waals surface area (Å²) in [5, 5.41) is 3.50. The molecule has 0 radical (unpaired) electrons. The molecule has 0 saturated carbocycles. The molecule has 0 aliphatic carbocycles. The molecule has 0 aromatic heterocycles. The highest BCUT2D eigenvalue weighted by atomic mass is 15.1. The largest absolute Gasteiger partial charge is 0.385 e. The smallest absolute Gasteiger partial charge is 0.0376 e. The standard InChI is InChI=1S/C16H26N2/c1-12(2)13(3)18(4)11-14-9-10-17-16-8-6-5-7-15(14)16/h5-8,12-14,17H,9-11H2,1-4H3. The molecule has 0 bridgehead atoms. The zero-order valence-corrected chi connectivity index (χ0v) is 12.1. The number of nitrogens with one attached hydrogen (secondary N) is 1. The van der Waals surface area contributed by atoms with Crippen molar-refractivity contribution in [1.82, 2.24) is 4.90 Å². The van der Waals surface area contributed by atoms with E-state index in [0.29, 0.717) is 17.9 Å². The fraction of sp³-hybridized carbons (Fsp3) is 0.625. The van der Waals surface area contributed by atoms with E-state index in [-0.39, 0.29) is 0 Å². The third-order valence-corrected chi connectivity index (χ3v) is 4.38. The summed E-state index contributed by atoms with van der Waals surface area (Å²) in [6.07, 6.45) is 1.24. The van der Waals surface area contributed by atoms with Gasteiger partial charge in [0.1, 0.15) is 0 Å². The van der Waals surface area contributed by atoms with Gasteiger partial charge in [0.2, 0.25) is 0 Å². The third kappa shape index (κ3) is 2.86. The first-order chi connectivity index (χ1) is 8.59. The van der Waals surface area contributed by atoms with Crippen LogP contribution in [0.2, 0.25) is 0 Å². The van der Waals surface area contributed by atoms with Crippen molar-refractivity contribution in [2.45, 2.75) is 39.2 Å². The van der Waals surface area contributed by atoms with E-state index in [1.807, 2.05) is 0 Å². The molecular weight excluding hydrogens is 220 g/mol. The highest BCUT2D eigenvalue weighted by molar-refractivity contribution is 5.54. The van der Waals surface area contributed by atoms with E-state index >= 15 is 0 Å². The summed E-state index contributed by atoms with van der Waals surface area (Å²) in [5.41, 5.74) is 2.82. The highest BCUT2D eigenvalue weighted by Crippen LogP contribution is 2.32. The zero-order chi connectivity index (χ0) is 13.1. The van der Waals surface area contributed by atoms with Crippen molar-refractivity contribution in [3.05, 3.63) is 29.8 Å². The second-order valence-corrected chi connectivity index (χ2v) is 5.92. The molecule has 1 aliphatic rings. The van der Waals surface area contributed by atoms with Crippen LogP contribution in [-0.2, 0) is 0 Å². The van der Waals surface area contributed by atoms with Gasteiger partial charge < -0.3 is 10.2 Å². The maximum absolute atomic E-state index is 3.50. The molecule has 0 saturated heterocycles. The van der Waals surface area contributed by atoms with Crippen LogP contribution < -0.4 is 5.32 Å². The maximum atomic E-state index is 3.50. The normalized spacial score (nSPS) is 20.7. The molecule has 2 unspecified atom stereocenters. The van der Waals surface area contributed by atoms with Gasteiger partial charge in [-0.3, -0.25) is 0 Å². The van der Waals surface area contributed by atoms with Crippen LogP contribution >= 0.6 is 0 Å². The van der Waals surface area contributed by atoms with Crippen molar-refractivity contribution in [3.8, 4) is 0 Å². The SMILES string of the molecule is CC(C)C(C)N(C)CC1CCNc2ccccc21. The Morgan fingerprint density at radius 2 is 2.00 bits per heavy atom. The third-order valence-electron chi connectivity index (χ3n) is 4.38. The minimum Gasteiger partial charge on any atom is -0.385 e. The Labute approximate surface area is 111 Å². The Morgan fingerprint density at radius 1 is 1.28 bits per heavy atom. The molecule has 1 aliphatic heterocycles. The Balaban J connectivity index is 2.07. The van der Waals surface area contributed by atoms with Crippen LogP contribution in [0.15, 0.2) is 24.3 Å². The predicted octanol–water partition coefficient (Wildman–Crippen LogP) is 3.56. The van der Waals surface area contributed by atoms with E-state index in [2.05, 4.69) is 62.3 Å². The van der Waals surface area contributed by atoms with Gasteiger partial charge >= 0.3 is 0 Å². The summed E-state index contributed by atoms with van der Waals surface area (Å²) in [4.78, 5) is 2.51. The highest BCUT2D eigenvalue weighted by Gasteiger charge is 2.23. The van der Waals surface area contributed by atoms with Crippen molar-refractivity contribution in [1.29, 1.82) is 0 Å². The molecule has 0 fully saturated rings. The van der Waals surface area contributed by atoms with E-state index in [0.717, 1.165) is 13.1 Å². The lowest BCUT2D eigenvalue weighted by atomic mass is 9.90. The number of fused-ring (bicyclic) bond motifs is 1. The fourth-order valence-electron chi connectivity index (χ4n) is 2.76. The summed E-state index contributed by atoms with van der Waals surface area (Å²) < 4.78 is 0. The lowest BCUT2D eigenvalue weighted by molar-refractivity contribution is 0.194. The molecular formula is C16H26N2. The Morgan fingerprint density at radius 3 is 2.72 bits per heavy atom. The van der Waals surface area contributed by atoms with Gasteiger partial charge in [-0.2, -0.15) is 0 Å². The van der Waals surface area contributed by atoms with Crippen molar-refractivity contribution in [2.24, 2.45) is 5.92 Å². The summed E-state index contributed by atoms with van der Waals surface area (Å²) >= 11 is 0. The number of para-hydroxylation sites is 1. The number of likely N-dealkylation sites (N-methyl/N-ethyl adjacent to an activating group) is 1. The molecule has 1 N–H and O–H groups in total. The van der Waals surface area contributed by atoms with Crippen LogP contribution in [0.3, 0.4) is 0 Å². The van der Waals surface area contributed by atoms with E-state index in [1.165, 1.54) is 17.7 Å². The van der Waals surface area contributed by atoms with Gasteiger partial charge in [0.15, 0.2) is 0 Å². The molecule has 2 nitrogen and oxygen atoms in total. The zero-order valence-electron chi connectivity index (χ0n) is 12.1. The van der Waals surface area contributed by atoms with E-state index in [9.17, 15) is 0 Å². The van der Waals surface area contributed by atoms with Gasteiger partial charge in [0, 0.05) is 30.7 Å². The van der Waals surface area contributed by atoms with Crippen molar-refractivity contribution in [3.63, 3.8) is 0 Å². The molecule has 1 aromatic rings. The molecule has 2 heteroatoms. The molecule has 1 aromatic carbocycles. The van der Waals surface area contributed by atoms with Crippen molar-refractivity contribution in [2.75, 3.05) is 25.5 Å². The van der Waals surface area contributed by atoms with Gasteiger partial charge in [-0.15, -0.1) is 0 Å². The number of rotatable bonds is 4. The topological polar surface area (TPSA) is 15.3 Å². The fourth-order valence-corrected chi connectivity index (χ4v) is 2.76. The van der Waals surface area contributed by atoms with Crippen LogP contribution in [0.4, 0.5) is 5.69 Å². The monoisotopic (exact) mass is 246 g/mol. The molecule has 0 spiro atoms. The second kappa shape index (κ2) is 5.75. The lowest BCUT2D eigenvalue weighted by Crippen LogP contribution is -2.37. The van der Waals surface area contributed by atoms with Gasteiger partial charge in [-0.05, 0) is 37.9 Å². The first kappa shape index (κ1) is 13.4. The van der Waals surface area contributed by atoms with Crippen LogP contribution in [-0.4, -0.2) is 31.1 Å². The van der Waals surface area contributed by atoms with Gasteiger partial charge in [-0.1, -0.05) is 32.0 Å². The van der Waals surface area contributed by atoms with Crippen molar-refractivity contribution < 1.29 is 0 Å². The molecule has 18 heavy (non-hydrogen) atoms.